The average molecular weight is 464 g/mol. The molecule has 3 N–H and O–H groups in total. The zero-order valence-corrected chi connectivity index (χ0v) is 19.0. The molecule has 0 atom stereocenters. The van der Waals surface area contributed by atoms with Gasteiger partial charge in [0, 0.05) is 41.6 Å². The Morgan fingerprint density at radius 3 is 2.52 bits per heavy atom. The molecular weight excluding hydrogens is 438 g/mol. The lowest BCUT2D eigenvalue weighted by molar-refractivity contribution is 0.442. The van der Waals surface area contributed by atoms with Gasteiger partial charge in [0.15, 0.2) is 0 Å². The fourth-order valence-corrected chi connectivity index (χ4v) is 4.51. The number of rotatable bonds is 8. The lowest BCUT2D eigenvalue weighted by atomic mass is 10.1. The number of sulfonamides is 1. The molecule has 8 nitrogen and oxygen atoms in total. The van der Waals surface area contributed by atoms with Crippen molar-refractivity contribution in [3.05, 3.63) is 60.9 Å². The summed E-state index contributed by atoms with van der Waals surface area (Å²) < 4.78 is 34.4. The predicted octanol–water partition coefficient (Wildman–Crippen LogP) is 4.64. The average Bonchev–Trinajstić information content (AvgIpc) is 3.60. The highest BCUT2D eigenvalue weighted by Gasteiger charge is 2.26. The molecule has 9 heteroatoms. The molecule has 1 saturated carbocycles. The Hall–Kier alpha value is -3.59. The SMILES string of the molecule is CCS(=O)(=O)Nc1ccc(-c2c(N)c3ccc(Oc4ncccn4)cc3n2CC2CC2)cc1. The lowest BCUT2D eigenvalue weighted by Crippen LogP contribution is -2.14. The zero-order chi connectivity index (χ0) is 23.0. The van der Waals surface area contributed by atoms with Crippen molar-refractivity contribution in [3.63, 3.8) is 0 Å². The van der Waals surface area contributed by atoms with E-state index in [-0.39, 0.29) is 11.8 Å². The summed E-state index contributed by atoms with van der Waals surface area (Å²) in [5.41, 5.74) is 10.7. The van der Waals surface area contributed by atoms with E-state index in [0.29, 0.717) is 23.0 Å². The van der Waals surface area contributed by atoms with Gasteiger partial charge in [-0.05, 0) is 56.0 Å². The smallest absolute Gasteiger partial charge is 0.321 e. The number of ether oxygens (including phenoxy) is 1. The standard InChI is InChI=1S/C24H25N5O3S/c1-2-33(30,31)28-18-8-6-17(7-9-18)23-22(25)20-11-10-19(32-24-26-12-3-13-27-24)14-21(20)29(23)15-16-4-5-16/h3,6-14,16,28H,2,4-5,15,25H2,1H3. The Balaban J connectivity index is 1.55. The van der Waals surface area contributed by atoms with Gasteiger partial charge < -0.3 is 15.0 Å². The van der Waals surface area contributed by atoms with Crippen LogP contribution >= 0.6 is 0 Å². The molecule has 2 aromatic heterocycles. The van der Waals surface area contributed by atoms with Crippen molar-refractivity contribution in [2.24, 2.45) is 5.92 Å². The molecule has 0 aliphatic heterocycles. The molecule has 2 aromatic carbocycles. The number of anilines is 2. The maximum absolute atomic E-state index is 11.9. The third-order valence-electron chi connectivity index (χ3n) is 5.78. The molecule has 1 fully saturated rings. The van der Waals surface area contributed by atoms with Crippen molar-refractivity contribution >= 4 is 32.3 Å². The van der Waals surface area contributed by atoms with E-state index in [9.17, 15) is 8.42 Å². The van der Waals surface area contributed by atoms with Crippen LogP contribution in [0.4, 0.5) is 11.4 Å². The molecule has 33 heavy (non-hydrogen) atoms. The number of fused-ring (bicyclic) bond motifs is 1. The Kier molecular flexibility index (Phi) is 5.41. The maximum Gasteiger partial charge on any atom is 0.321 e. The number of benzene rings is 2. The quantitative estimate of drug-likeness (QED) is 0.394. The van der Waals surface area contributed by atoms with Gasteiger partial charge in [0.25, 0.3) is 0 Å². The van der Waals surface area contributed by atoms with Crippen molar-refractivity contribution < 1.29 is 13.2 Å². The first-order valence-electron chi connectivity index (χ1n) is 10.9. The molecular formula is C24H25N5O3S. The van der Waals surface area contributed by atoms with Crippen LogP contribution in [0.3, 0.4) is 0 Å². The summed E-state index contributed by atoms with van der Waals surface area (Å²) in [6.07, 6.45) is 5.67. The number of nitrogens with one attached hydrogen (secondary N) is 1. The second-order valence-corrected chi connectivity index (χ2v) is 10.2. The Labute approximate surface area is 192 Å². The largest absolute Gasteiger partial charge is 0.424 e. The Bertz CT molecular complexity index is 1400. The first-order chi connectivity index (χ1) is 15.9. The minimum Gasteiger partial charge on any atom is -0.424 e. The van der Waals surface area contributed by atoms with Crippen LogP contribution < -0.4 is 15.2 Å². The lowest BCUT2D eigenvalue weighted by Gasteiger charge is -2.13. The van der Waals surface area contributed by atoms with E-state index in [2.05, 4.69) is 19.3 Å². The zero-order valence-electron chi connectivity index (χ0n) is 18.2. The van der Waals surface area contributed by atoms with Crippen LogP contribution in [0.15, 0.2) is 60.9 Å². The van der Waals surface area contributed by atoms with Gasteiger partial charge in [0.05, 0.1) is 22.7 Å². The third kappa shape index (κ3) is 4.49. The molecule has 0 amide bonds. The Morgan fingerprint density at radius 1 is 1.12 bits per heavy atom. The predicted molar refractivity (Wildman–Crippen MR) is 130 cm³/mol. The van der Waals surface area contributed by atoms with Gasteiger partial charge in [-0.15, -0.1) is 0 Å². The van der Waals surface area contributed by atoms with Crippen LogP contribution in [0.5, 0.6) is 11.8 Å². The van der Waals surface area contributed by atoms with Crippen LogP contribution in [0.25, 0.3) is 22.2 Å². The monoisotopic (exact) mass is 463 g/mol. The minimum atomic E-state index is -3.33. The van der Waals surface area contributed by atoms with Gasteiger partial charge in [-0.25, -0.2) is 18.4 Å². The molecule has 5 rings (SSSR count). The maximum atomic E-state index is 11.9. The summed E-state index contributed by atoms with van der Waals surface area (Å²) in [7, 11) is -3.33. The number of aromatic nitrogens is 3. The minimum absolute atomic E-state index is 0.0236. The van der Waals surface area contributed by atoms with Gasteiger partial charge in [-0.1, -0.05) is 12.1 Å². The normalized spacial score (nSPS) is 13.8. The van der Waals surface area contributed by atoms with Crippen molar-refractivity contribution in [3.8, 4) is 23.0 Å². The fourth-order valence-electron chi connectivity index (χ4n) is 3.87. The van der Waals surface area contributed by atoms with Crippen LogP contribution in [-0.4, -0.2) is 28.7 Å². The first-order valence-corrected chi connectivity index (χ1v) is 12.6. The molecule has 0 spiro atoms. The van der Waals surface area contributed by atoms with E-state index < -0.39 is 10.0 Å². The molecule has 0 saturated heterocycles. The number of hydrogen-bond donors (Lipinski definition) is 2. The second-order valence-electron chi connectivity index (χ2n) is 8.21. The second kappa shape index (κ2) is 8.40. The number of nitrogens with zero attached hydrogens (tertiary/aromatic N) is 3. The summed E-state index contributed by atoms with van der Waals surface area (Å²) >= 11 is 0. The molecule has 2 heterocycles. The highest BCUT2D eigenvalue weighted by atomic mass is 32.2. The van der Waals surface area contributed by atoms with Crippen LogP contribution in [0.1, 0.15) is 19.8 Å². The van der Waals surface area contributed by atoms with Crippen molar-refractivity contribution in [1.29, 1.82) is 0 Å². The summed E-state index contributed by atoms with van der Waals surface area (Å²) in [6, 6.07) is 15.1. The molecule has 1 aliphatic carbocycles. The van der Waals surface area contributed by atoms with Crippen LogP contribution in [0, 0.1) is 5.92 Å². The molecule has 0 radical (unpaired) electrons. The molecule has 1 aliphatic rings. The van der Waals surface area contributed by atoms with Crippen molar-refractivity contribution in [1.82, 2.24) is 14.5 Å². The number of nitrogen functional groups attached to an aromatic ring is 1. The third-order valence-corrected chi connectivity index (χ3v) is 7.08. The summed E-state index contributed by atoms with van der Waals surface area (Å²) in [5.74, 6) is 1.28. The van der Waals surface area contributed by atoms with Crippen molar-refractivity contribution in [2.75, 3.05) is 16.2 Å². The van der Waals surface area contributed by atoms with Gasteiger partial charge in [0.1, 0.15) is 5.75 Å². The molecule has 0 bridgehead atoms. The highest BCUT2D eigenvalue weighted by Crippen LogP contribution is 2.41. The van der Waals surface area contributed by atoms with E-state index >= 15 is 0 Å². The first kappa shape index (κ1) is 21.3. The molecule has 0 unspecified atom stereocenters. The van der Waals surface area contributed by atoms with Crippen molar-refractivity contribution in [2.45, 2.75) is 26.3 Å². The van der Waals surface area contributed by atoms with Gasteiger partial charge in [-0.2, -0.15) is 0 Å². The van der Waals surface area contributed by atoms with E-state index in [0.717, 1.165) is 28.7 Å². The highest BCUT2D eigenvalue weighted by molar-refractivity contribution is 7.92. The van der Waals surface area contributed by atoms with Crippen LogP contribution in [0.2, 0.25) is 0 Å². The Morgan fingerprint density at radius 2 is 1.85 bits per heavy atom. The van der Waals surface area contributed by atoms with E-state index in [1.165, 1.54) is 12.8 Å². The fraction of sp³-hybridized carbons (Fsp3) is 0.250. The molecule has 4 aromatic rings. The van der Waals surface area contributed by atoms with E-state index in [1.54, 1.807) is 37.5 Å². The van der Waals surface area contributed by atoms with Gasteiger partial charge in [0.2, 0.25) is 10.0 Å². The number of nitrogens with two attached hydrogens (primary N) is 1. The number of hydrogen-bond acceptors (Lipinski definition) is 6. The summed E-state index contributed by atoms with van der Waals surface area (Å²) in [4.78, 5) is 8.26. The summed E-state index contributed by atoms with van der Waals surface area (Å²) in [5, 5.41) is 0.947. The summed E-state index contributed by atoms with van der Waals surface area (Å²) in [6.45, 7) is 2.47. The molecule has 170 valence electrons. The van der Waals surface area contributed by atoms with Gasteiger partial charge in [-0.3, -0.25) is 4.72 Å². The van der Waals surface area contributed by atoms with Crippen LogP contribution in [-0.2, 0) is 16.6 Å². The van der Waals surface area contributed by atoms with E-state index in [4.69, 9.17) is 10.5 Å². The van der Waals surface area contributed by atoms with Gasteiger partial charge >= 0.3 is 6.01 Å². The topological polar surface area (TPSA) is 112 Å². The van der Waals surface area contributed by atoms with E-state index in [1.807, 2.05) is 30.3 Å².